The van der Waals surface area contributed by atoms with Crippen LogP contribution in [-0.2, 0) is 9.53 Å². The molecular formula is C18H27ClN2O3S. The van der Waals surface area contributed by atoms with Gasteiger partial charge in [0.2, 0.25) is 5.91 Å². The minimum atomic E-state index is -0.0186. The second-order valence-corrected chi connectivity index (χ2v) is 7.23. The molecule has 1 aliphatic rings. The molecule has 25 heavy (non-hydrogen) atoms. The topological polar surface area (TPSA) is 67.4 Å². The second-order valence-electron chi connectivity index (χ2n) is 6.24. The quantitative estimate of drug-likeness (QED) is 0.636. The first-order valence-electron chi connectivity index (χ1n) is 8.28. The lowest BCUT2D eigenvalue weighted by Gasteiger charge is -2.37. The number of methoxy groups -OCH3 is 1. The molecule has 0 bridgehead atoms. The first kappa shape index (κ1) is 22.0. The highest BCUT2D eigenvalue weighted by atomic mass is 35.5. The monoisotopic (exact) mass is 386 g/mol. The number of thioether (sulfide) groups is 1. The van der Waals surface area contributed by atoms with Gasteiger partial charge in [-0.15, -0.1) is 24.2 Å². The lowest BCUT2D eigenvalue weighted by Crippen LogP contribution is -2.47. The number of piperidine rings is 1. The summed E-state index contributed by atoms with van der Waals surface area (Å²) in [6, 6.07) is 9.18. The van der Waals surface area contributed by atoms with E-state index >= 15 is 0 Å². The summed E-state index contributed by atoms with van der Waals surface area (Å²) in [6.45, 7) is 3.21. The summed E-state index contributed by atoms with van der Waals surface area (Å²) < 4.78 is 5.35. The average molecular weight is 387 g/mol. The third-order valence-corrected chi connectivity index (χ3v) is 5.27. The van der Waals surface area contributed by atoms with Crippen LogP contribution in [0.5, 0.6) is 0 Å². The number of hydrogen-bond donors (Lipinski definition) is 2. The van der Waals surface area contributed by atoms with Crippen LogP contribution in [0.4, 0.5) is 0 Å². The van der Waals surface area contributed by atoms with Crippen LogP contribution in [0.25, 0.3) is 0 Å². The van der Waals surface area contributed by atoms with Crippen molar-refractivity contribution < 1.29 is 14.3 Å². The summed E-state index contributed by atoms with van der Waals surface area (Å²) in [5.74, 6) is 0.669. The van der Waals surface area contributed by atoms with E-state index in [-0.39, 0.29) is 29.5 Å². The zero-order valence-corrected chi connectivity index (χ0v) is 16.2. The third-order valence-electron chi connectivity index (χ3n) is 4.34. The number of amides is 1. The molecule has 1 aromatic rings. The number of carbonyl (C=O) groups is 2. The van der Waals surface area contributed by atoms with Gasteiger partial charge in [-0.25, -0.2) is 0 Å². The summed E-state index contributed by atoms with van der Waals surface area (Å²) in [5.41, 5.74) is 0.722. The molecule has 1 fully saturated rings. The Labute approximate surface area is 160 Å². The van der Waals surface area contributed by atoms with Crippen LogP contribution in [-0.4, -0.2) is 56.5 Å². The normalized spacial score (nSPS) is 15.9. The number of carbonyl (C=O) groups excluding carboxylic acids is 2. The van der Waals surface area contributed by atoms with Crippen LogP contribution in [0, 0.1) is 5.41 Å². The molecule has 0 aliphatic carbocycles. The van der Waals surface area contributed by atoms with E-state index in [2.05, 4.69) is 10.6 Å². The van der Waals surface area contributed by atoms with Crippen molar-refractivity contribution in [1.82, 2.24) is 10.6 Å². The van der Waals surface area contributed by atoms with Gasteiger partial charge in [0.15, 0.2) is 5.78 Å². The van der Waals surface area contributed by atoms with Crippen molar-refractivity contribution in [3.8, 4) is 0 Å². The maximum atomic E-state index is 12.1. The Balaban J connectivity index is 0.00000312. The number of ketones is 1. The van der Waals surface area contributed by atoms with E-state index in [1.807, 2.05) is 18.2 Å². The average Bonchev–Trinajstić information content (AvgIpc) is 2.62. The Morgan fingerprint density at radius 1 is 1.20 bits per heavy atom. The SMILES string of the molecule is COCC1(CNC(=O)CSCC(=O)c2ccccc2)CCNCC1.Cl. The van der Waals surface area contributed by atoms with E-state index in [0.717, 1.165) is 25.9 Å². The molecule has 1 saturated heterocycles. The Bertz CT molecular complexity index is 531. The molecule has 0 radical (unpaired) electrons. The molecule has 0 saturated carbocycles. The fourth-order valence-electron chi connectivity index (χ4n) is 2.92. The predicted octanol–water partition coefficient (Wildman–Crippen LogP) is 2.16. The zero-order valence-electron chi connectivity index (χ0n) is 14.6. The molecule has 140 valence electrons. The molecule has 2 N–H and O–H groups in total. The minimum Gasteiger partial charge on any atom is -0.384 e. The smallest absolute Gasteiger partial charge is 0.230 e. The maximum Gasteiger partial charge on any atom is 0.230 e. The summed E-state index contributed by atoms with van der Waals surface area (Å²) in [6.07, 6.45) is 2.00. The molecule has 0 aromatic heterocycles. The molecule has 1 aromatic carbocycles. The summed E-state index contributed by atoms with van der Waals surface area (Å²) in [5, 5.41) is 6.35. The largest absolute Gasteiger partial charge is 0.384 e. The van der Waals surface area contributed by atoms with E-state index in [0.29, 0.717) is 30.2 Å². The molecule has 0 atom stereocenters. The fourth-order valence-corrected chi connectivity index (χ4v) is 3.66. The van der Waals surface area contributed by atoms with Crippen molar-refractivity contribution in [2.45, 2.75) is 12.8 Å². The van der Waals surface area contributed by atoms with Gasteiger partial charge in [-0.3, -0.25) is 9.59 Å². The van der Waals surface area contributed by atoms with Crippen molar-refractivity contribution in [3.63, 3.8) is 0 Å². The van der Waals surface area contributed by atoms with Crippen LogP contribution in [0.1, 0.15) is 23.2 Å². The molecular weight excluding hydrogens is 360 g/mol. The summed E-state index contributed by atoms with van der Waals surface area (Å²) in [4.78, 5) is 24.0. The molecule has 1 heterocycles. The van der Waals surface area contributed by atoms with Gasteiger partial charge in [-0.2, -0.15) is 0 Å². The Kier molecular flexibility index (Phi) is 10.1. The van der Waals surface area contributed by atoms with Crippen LogP contribution in [0.15, 0.2) is 30.3 Å². The fraction of sp³-hybridized carbons (Fsp3) is 0.556. The summed E-state index contributed by atoms with van der Waals surface area (Å²) in [7, 11) is 1.71. The molecule has 1 amide bonds. The summed E-state index contributed by atoms with van der Waals surface area (Å²) >= 11 is 1.36. The lowest BCUT2D eigenvalue weighted by atomic mass is 9.79. The maximum absolute atomic E-state index is 12.1. The van der Waals surface area contributed by atoms with E-state index < -0.39 is 0 Å². The van der Waals surface area contributed by atoms with Gasteiger partial charge in [0.1, 0.15) is 0 Å². The zero-order chi connectivity index (χ0) is 17.3. The van der Waals surface area contributed by atoms with Gasteiger partial charge in [-0.05, 0) is 25.9 Å². The first-order valence-corrected chi connectivity index (χ1v) is 9.43. The van der Waals surface area contributed by atoms with Crippen LogP contribution >= 0.6 is 24.2 Å². The van der Waals surface area contributed by atoms with Gasteiger partial charge in [0, 0.05) is 24.6 Å². The number of rotatable bonds is 9. The van der Waals surface area contributed by atoms with Crippen LogP contribution in [0.3, 0.4) is 0 Å². The van der Waals surface area contributed by atoms with Crippen molar-refractivity contribution in [2.75, 3.05) is 44.9 Å². The lowest BCUT2D eigenvalue weighted by molar-refractivity contribution is -0.119. The highest BCUT2D eigenvalue weighted by molar-refractivity contribution is 8.00. The Morgan fingerprint density at radius 2 is 1.88 bits per heavy atom. The minimum absolute atomic E-state index is 0. The van der Waals surface area contributed by atoms with Gasteiger partial charge in [0.05, 0.1) is 18.1 Å². The number of Topliss-reactive ketones (excluding diaryl/α,β-unsaturated/α-hetero) is 1. The molecule has 2 rings (SSSR count). The number of hydrogen-bond acceptors (Lipinski definition) is 5. The van der Waals surface area contributed by atoms with Gasteiger partial charge in [0.25, 0.3) is 0 Å². The van der Waals surface area contributed by atoms with Crippen molar-refractivity contribution in [1.29, 1.82) is 0 Å². The number of nitrogens with one attached hydrogen (secondary N) is 2. The molecule has 0 spiro atoms. The molecule has 1 aliphatic heterocycles. The van der Waals surface area contributed by atoms with E-state index in [1.165, 1.54) is 11.8 Å². The van der Waals surface area contributed by atoms with E-state index in [9.17, 15) is 9.59 Å². The van der Waals surface area contributed by atoms with Crippen molar-refractivity contribution in [3.05, 3.63) is 35.9 Å². The van der Waals surface area contributed by atoms with E-state index in [1.54, 1.807) is 19.2 Å². The Hall–Kier alpha value is -1.08. The number of ether oxygens (including phenoxy) is 1. The number of halogens is 1. The standard InChI is InChI=1S/C18H26N2O3S.ClH/c1-23-14-18(7-9-19-10-8-18)13-20-17(22)12-24-11-16(21)15-5-3-2-4-6-15;/h2-6,19H,7-14H2,1H3,(H,20,22);1H. The molecule has 0 unspecified atom stereocenters. The highest BCUT2D eigenvalue weighted by Gasteiger charge is 2.32. The van der Waals surface area contributed by atoms with Crippen LogP contribution in [0.2, 0.25) is 0 Å². The second kappa shape index (κ2) is 11.5. The van der Waals surface area contributed by atoms with Crippen molar-refractivity contribution in [2.24, 2.45) is 5.41 Å². The highest BCUT2D eigenvalue weighted by Crippen LogP contribution is 2.28. The van der Waals surface area contributed by atoms with Crippen LogP contribution < -0.4 is 10.6 Å². The third kappa shape index (κ3) is 7.36. The molecule has 5 nitrogen and oxygen atoms in total. The van der Waals surface area contributed by atoms with Gasteiger partial charge < -0.3 is 15.4 Å². The number of benzene rings is 1. The van der Waals surface area contributed by atoms with Crippen molar-refractivity contribution >= 4 is 35.9 Å². The first-order chi connectivity index (χ1) is 11.7. The Morgan fingerprint density at radius 3 is 2.52 bits per heavy atom. The molecule has 7 heteroatoms. The van der Waals surface area contributed by atoms with Gasteiger partial charge in [-0.1, -0.05) is 30.3 Å². The predicted molar refractivity (Wildman–Crippen MR) is 105 cm³/mol. The van der Waals surface area contributed by atoms with E-state index in [4.69, 9.17) is 4.74 Å². The van der Waals surface area contributed by atoms with Gasteiger partial charge >= 0.3 is 0 Å².